The molecule has 1 N–H and O–H groups in total. The first-order chi connectivity index (χ1) is 8.33. The minimum atomic E-state index is 0.806. The van der Waals surface area contributed by atoms with Crippen LogP contribution < -0.4 is 5.32 Å². The van der Waals surface area contributed by atoms with Gasteiger partial charge in [0.1, 0.15) is 0 Å². The zero-order valence-corrected chi connectivity index (χ0v) is 12.3. The molecule has 0 radical (unpaired) electrons. The summed E-state index contributed by atoms with van der Waals surface area (Å²) < 4.78 is 0. The quantitative estimate of drug-likeness (QED) is 0.644. The van der Waals surface area contributed by atoms with Crippen molar-refractivity contribution < 1.29 is 0 Å². The van der Waals surface area contributed by atoms with Crippen LogP contribution in [-0.2, 0) is 0 Å². The van der Waals surface area contributed by atoms with Crippen LogP contribution in [0.15, 0.2) is 0 Å². The summed E-state index contributed by atoms with van der Waals surface area (Å²) in [6, 6.07) is 0.806. The highest BCUT2D eigenvalue weighted by Crippen LogP contribution is 2.32. The fourth-order valence-electron chi connectivity index (χ4n) is 3.69. The van der Waals surface area contributed by atoms with Gasteiger partial charge in [-0.05, 0) is 44.1 Å². The zero-order chi connectivity index (χ0) is 12.5. The van der Waals surface area contributed by atoms with E-state index in [1.807, 2.05) is 0 Å². The van der Waals surface area contributed by atoms with Crippen molar-refractivity contribution in [3.63, 3.8) is 0 Å². The van der Waals surface area contributed by atoms with Gasteiger partial charge in [0, 0.05) is 6.04 Å². The fraction of sp³-hybridized carbons (Fsp3) is 1.00. The molecule has 1 aliphatic carbocycles. The summed E-state index contributed by atoms with van der Waals surface area (Å²) in [5.41, 5.74) is 0. The molecule has 0 amide bonds. The van der Waals surface area contributed by atoms with Gasteiger partial charge in [-0.25, -0.2) is 0 Å². The van der Waals surface area contributed by atoms with Gasteiger partial charge < -0.3 is 5.32 Å². The predicted octanol–water partition coefficient (Wildman–Crippen LogP) is 4.76. The van der Waals surface area contributed by atoms with Gasteiger partial charge >= 0.3 is 0 Å². The Balaban J connectivity index is 2.58. The van der Waals surface area contributed by atoms with E-state index in [2.05, 4.69) is 26.1 Å². The summed E-state index contributed by atoms with van der Waals surface area (Å²) in [6.45, 7) is 8.09. The Hall–Kier alpha value is -0.0400. The molecule has 0 saturated heterocycles. The van der Waals surface area contributed by atoms with Crippen LogP contribution in [0.3, 0.4) is 0 Å². The highest BCUT2D eigenvalue weighted by atomic mass is 14.9. The van der Waals surface area contributed by atoms with Crippen LogP contribution in [0.4, 0.5) is 0 Å². The van der Waals surface area contributed by atoms with Crippen LogP contribution in [0.1, 0.15) is 78.6 Å². The van der Waals surface area contributed by atoms with Crippen molar-refractivity contribution in [2.45, 2.75) is 84.6 Å². The minimum absolute atomic E-state index is 0.806. The van der Waals surface area contributed by atoms with Crippen LogP contribution in [-0.4, -0.2) is 12.6 Å². The van der Waals surface area contributed by atoms with Crippen molar-refractivity contribution in [2.24, 2.45) is 11.8 Å². The SMILES string of the molecule is CCCC(CCC)C(NCC)C1CCCCC1. The Bertz CT molecular complexity index is 166. The Morgan fingerprint density at radius 1 is 0.941 bits per heavy atom. The molecule has 1 unspecified atom stereocenters. The van der Waals surface area contributed by atoms with Crippen molar-refractivity contribution in [2.75, 3.05) is 6.54 Å². The molecule has 0 heterocycles. The van der Waals surface area contributed by atoms with Gasteiger partial charge in [-0.3, -0.25) is 0 Å². The predicted molar refractivity (Wildman–Crippen MR) is 77.3 cm³/mol. The van der Waals surface area contributed by atoms with Gasteiger partial charge in [0.05, 0.1) is 0 Å². The third-order valence-corrected chi connectivity index (χ3v) is 4.42. The first kappa shape index (κ1) is 15.0. The molecule has 1 fully saturated rings. The van der Waals surface area contributed by atoms with Gasteiger partial charge in [-0.2, -0.15) is 0 Å². The second-order valence-corrected chi connectivity index (χ2v) is 5.82. The average Bonchev–Trinajstić information content (AvgIpc) is 2.37. The molecule has 1 rings (SSSR count). The molecule has 0 bridgehead atoms. The summed E-state index contributed by atoms with van der Waals surface area (Å²) in [7, 11) is 0. The van der Waals surface area contributed by atoms with Crippen molar-refractivity contribution in [3.8, 4) is 0 Å². The monoisotopic (exact) mass is 239 g/mol. The normalized spacial score (nSPS) is 19.8. The van der Waals surface area contributed by atoms with Gasteiger partial charge in [0.2, 0.25) is 0 Å². The van der Waals surface area contributed by atoms with E-state index in [9.17, 15) is 0 Å². The standard InChI is InChI=1S/C16H33N/c1-4-10-14(11-5-2)16(17-6-3)15-12-8-7-9-13-15/h14-17H,4-13H2,1-3H3. The third-order valence-electron chi connectivity index (χ3n) is 4.42. The first-order valence-electron chi connectivity index (χ1n) is 8.06. The molecular weight excluding hydrogens is 206 g/mol. The van der Waals surface area contributed by atoms with Crippen molar-refractivity contribution in [3.05, 3.63) is 0 Å². The lowest BCUT2D eigenvalue weighted by atomic mass is 9.76. The molecule has 0 aromatic heterocycles. The van der Waals surface area contributed by atoms with E-state index in [1.54, 1.807) is 0 Å². The molecule has 1 aliphatic rings. The minimum Gasteiger partial charge on any atom is -0.314 e. The second-order valence-electron chi connectivity index (χ2n) is 5.82. The maximum absolute atomic E-state index is 3.82. The van der Waals surface area contributed by atoms with Crippen LogP contribution in [0.5, 0.6) is 0 Å². The largest absolute Gasteiger partial charge is 0.314 e. The smallest absolute Gasteiger partial charge is 0.0123 e. The van der Waals surface area contributed by atoms with E-state index in [0.29, 0.717) is 0 Å². The number of nitrogens with one attached hydrogen (secondary N) is 1. The summed E-state index contributed by atoms with van der Waals surface area (Å²) in [6.07, 6.45) is 12.9. The summed E-state index contributed by atoms with van der Waals surface area (Å²) >= 11 is 0. The Morgan fingerprint density at radius 2 is 1.53 bits per heavy atom. The molecule has 1 atom stereocenters. The molecule has 0 aromatic rings. The highest BCUT2D eigenvalue weighted by Gasteiger charge is 2.28. The maximum Gasteiger partial charge on any atom is 0.0123 e. The van der Waals surface area contributed by atoms with E-state index in [0.717, 1.165) is 24.4 Å². The Morgan fingerprint density at radius 3 is 2.00 bits per heavy atom. The third kappa shape index (κ3) is 4.99. The summed E-state index contributed by atoms with van der Waals surface area (Å²) in [4.78, 5) is 0. The van der Waals surface area contributed by atoms with Gasteiger partial charge in [-0.15, -0.1) is 0 Å². The molecule has 0 aromatic carbocycles. The number of hydrogen-bond donors (Lipinski definition) is 1. The van der Waals surface area contributed by atoms with E-state index in [1.165, 1.54) is 57.8 Å². The lowest BCUT2D eigenvalue weighted by Crippen LogP contribution is -2.43. The van der Waals surface area contributed by atoms with Crippen molar-refractivity contribution in [1.29, 1.82) is 0 Å². The summed E-state index contributed by atoms with van der Waals surface area (Å²) in [5.74, 6) is 1.89. The van der Waals surface area contributed by atoms with E-state index < -0.39 is 0 Å². The lowest BCUT2D eigenvalue weighted by Gasteiger charge is -2.36. The Kier molecular flexibility index (Phi) is 7.92. The van der Waals surface area contributed by atoms with Crippen LogP contribution >= 0.6 is 0 Å². The molecule has 1 saturated carbocycles. The molecule has 1 heteroatoms. The highest BCUT2D eigenvalue weighted by molar-refractivity contribution is 4.84. The van der Waals surface area contributed by atoms with Gasteiger partial charge in [-0.1, -0.05) is 52.9 Å². The number of rotatable bonds is 8. The molecule has 102 valence electrons. The molecule has 0 spiro atoms. The average molecular weight is 239 g/mol. The number of hydrogen-bond acceptors (Lipinski definition) is 1. The first-order valence-corrected chi connectivity index (χ1v) is 8.06. The van der Waals surface area contributed by atoms with Crippen molar-refractivity contribution >= 4 is 0 Å². The van der Waals surface area contributed by atoms with Crippen LogP contribution in [0.25, 0.3) is 0 Å². The fourth-order valence-corrected chi connectivity index (χ4v) is 3.69. The van der Waals surface area contributed by atoms with Crippen LogP contribution in [0, 0.1) is 11.8 Å². The molecule has 17 heavy (non-hydrogen) atoms. The molecule has 1 nitrogen and oxygen atoms in total. The maximum atomic E-state index is 3.82. The topological polar surface area (TPSA) is 12.0 Å². The Labute approximate surface area is 109 Å². The van der Waals surface area contributed by atoms with E-state index in [-0.39, 0.29) is 0 Å². The van der Waals surface area contributed by atoms with E-state index >= 15 is 0 Å². The van der Waals surface area contributed by atoms with Gasteiger partial charge in [0.15, 0.2) is 0 Å². The molecular formula is C16H33N. The summed E-state index contributed by atoms with van der Waals surface area (Å²) in [5, 5.41) is 3.82. The van der Waals surface area contributed by atoms with Crippen molar-refractivity contribution in [1.82, 2.24) is 5.32 Å². The zero-order valence-electron chi connectivity index (χ0n) is 12.3. The molecule has 0 aliphatic heterocycles. The van der Waals surface area contributed by atoms with Gasteiger partial charge in [0.25, 0.3) is 0 Å². The van der Waals surface area contributed by atoms with E-state index in [4.69, 9.17) is 0 Å². The lowest BCUT2D eigenvalue weighted by molar-refractivity contribution is 0.191. The second kappa shape index (κ2) is 8.97. The van der Waals surface area contributed by atoms with Crippen LogP contribution in [0.2, 0.25) is 0 Å².